The second-order valence-electron chi connectivity index (χ2n) is 9.76. The van der Waals surface area contributed by atoms with E-state index in [1.807, 2.05) is 6.92 Å². The Labute approximate surface area is 219 Å². The number of thiophene rings is 1. The molecule has 11 heteroatoms. The fourth-order valence-corrected chi connectivity index (χ4v) is 5.77. The van der Waals surface area contributed by atoms with Gasteiger partial charge in [-0.15, -0.1) is 11.3 Å². The summed E-state index contributed by atoms with van der Waals surface area (Å²) >= 11 is 7.03. The highest BCUT2D eigenvalue weighted by Crippen LogP contribution is 2.40. The smallest absolute Gasteiger partial charge is 0.254 e. The summed E-state index contributed by atoms with van der Waals surface area (Å²) in [7, 11) is 0. The molecule has 1 atom stereocenters. The quantitative estimate of drug-likeness (QED) is 0.263. The highest BCUT2D eigenvalue weighted by molar-refractivity contribution is 7.80. The van der Waals surface area contributed by atoms with Gasteiger partial charge in [0.1, 0.15) is 11.1 Å². The van der Waals surface area contributed by atoms with E-state index < -0.39 is 0 Å². The van der Waals surface area contributed by atoms with Crippen molar-refractivity contribution in [2.24, 2.45) is 11.8 Å². The maximum absolute atomic E-state index is 13.2. The van der Waals surface area contributed by atoms with Crippen molar-refractivity contribution in [1.29, 1.82) is 5.26 Å². The van der Waals surface area contributed by atoms with Crippen molar-refractivity contribution in [2.75, 3.05) is 17.3 Å². The average Bonchev–Trinajstić information content (AvgIpc) is 3.79. The van der Waals surface area contributed by atoms with Crippen LogP contribution in [0.15, 0.2) is 12.3 Å². The van der Waals surface area contributed by atoms with E-state index in [9.17, 15) is 9.59 Å². The lowest BCUT2D eigenvalue weighted by atomic mass is 9.91. The number of hydrazine groups is 1. The normalized spacial score (nSPS) is 18.4. The summed E-state index contributed by atoms with van der Waals surface area (Å²) in [6.45, 7) is 2.53. The zero-order valence-electron chi connectivity index (χ0n) is 20.1. The maximum atomic E-state index is 13.2. The van der Waals surface area contributed by atoms with Gasteiger partial charge in [0.2, 0.25) is 5.91 Å². The Morgan fingerprint density at radius 2 is 2.06 bits per heavy atom. The minimum atomic E-state index is -0.103. The van der Waals surface area contributed by atoms with Gasteiger partial charge in [0.25, 0.3) is 5.91 Å². The molecule has 0 aliphatic heterocycles. The summed E-state index contributed by atoms with van der Waals surface area (Å²) in [5.41, 5.74) is 9.49. The van der Waals surface area contributed by atoms with Crippen LogP contribution in [0.2, 0.25) is 0 Å². The van der Waals surface area contributed by atoms with Gasteiger partial charge in [-0.25, -0.2) is 0 Å². The molecule has 0 unspecified atom stereocenters. The predicted molar refractivity (Wildman–Crippen MR) is 143 cm³/mol. The first-order chi connectivity index (χ1) is 17.4. The van der Waals surface area contributed by atoms with Gasteiger partial charge in [-0.3, -0.25) is 25.4 Å². The minimum absolute atomic E-state index is 0.0150. The molecule has 0 saturated heterocycles. The number of nitrogens with one attached hydrogen (secondary N) is 5. The highest BCUT2D eigenvalue weighted by Gasteiger charge is 2.34. The number of aryl methyl sites for hydroxylation is 2. The van der Waals surface area contributed by atoms with E-state index in [4.69, 9.17) is 17.5 Å². The molecule has 2 saturated carbocycles. The molecular formula is C25H29N7O2S2. The van der Waals surface area contributed by atoms with E-state index in [0.29, 0.717) is 45.8 Å². The molecule has 2 amide bonds. The first-order valence-electron chi connectivity index (χ1n) is 12.3. The summed E-state index contributed by atoms with van der Waals surface area (Å²) < 4.78 is 0. The molecule has 2 aromatic rings. The number of nitriles is 1. The molecule has 36 heavy (non-hydrogen) atoms. The van der Waals surface area contributed by atoms with Gasteiger partial charge in [-0.05, 0) is 81.6 Å². The van der Waals surface area contributed by atoms with Crippen LogP contribution in [0.1, 0.15) is 64.2 Å². The third-order valence-corrected chi connectivity index (χ3v) is 8.21. The summed E-state index contributed by atoms with van der Waals surface area (Å²) in [6.07, 6.45) is 7.99. The Kier molecular flexibility index (Phi) is 7.07. The molecular weight excluding hydrogens is 494 g/mol. The molecule has 2 heterocycles. The van der Waals surface area contributed by atoms with Gasteiger partial charge in [0, 0.05) is 29.6 Å². The van der Waals surface area contributed by atoms with Crippen LogP contribution >= 0.6 is 23.6 Å². The Bertz CT molecular complexity index is 1240. The lowest BCUT2D eigenvalue weighted by Crippen LogP contribution is -2.46. The number of hydrogen-bond donors (Lipinski definition) is 5. The lowest BCUT2D eigenvalue weighted by Gasteiger charge is -2.26. The van der Waals surface area contributed by atoms with Gasteiger partial charge < -0.3 is 16.0 Å². The highest BCUT2D eigenvalue weighted by atomic mass is 32.1. The molecule has 0 radical (unpaired) electrons. The van der Waals surface area contributed by atoms with Gasteiger partial charge in [-0.1, -0.05) is 0 Å². The number of fused-ring (bicyclic) bond motifs is 1. The van der Waals surface area contributed by atoms with Gasteiger partial charge in [0.15, 0.2) is 5.11 Å². The summed E-state index contributed by atoms with van der Waals surface area (Å²) in [5.74, 6) is 0.561. The van der Waals surface area contributed by atoms with Crippen LogP contribution in [0.4, 0.5) is 10.7 Å². The first kappa shape index (κ1) is 24.5. The maximum Gasteiger partial charge on any atom is 0.254 e. The van der Waals surface area contributed by atoms with Gasteiger partial charge in [0.05, 0.1) is 22.5 Å². The Balaban J connectivity index is 1.25. The van der Waals surface area contributed by atoms with Crippen molar-refractivity contribution in [3.05, 3.63) is 39.5 Å². The van der Waals surface area contributed by atoms with Crippen LogP contribution in [0.3, 0.4) is 0 Å². The molecule has 0 aromatic carbocycles. The number of carbonyl (C=O) groups excluding carboxylic acids is 2. The fourth-order valence-electron chi connectivity index (χ4n) is 4.31. The number of carbonyl (C=O) groups is 2. The monoisotopic (exact) mass is 523 g/mol. The standard InChI is InChI=1S/C25H29N7O2S2/c1-13-19(8-15(10-26)12-27-13)31-32-25(35)29-17-6-7-20-18(9-17)21(23(34)28-11-14-2-3-14)24(36-20)30-22(33)16-4-5-16/h8,12,14,16-17,31H,2-7,9,11H2,1H3,(H,28,34)(H,30,33)(H2,29,32,35)/t17-/m0/s1. The van der Waals surface area contributed by atoms with E-state index in [1.54, 1.807) is 6.07 Å². The van der Waals surface area contributed by atoms with Crippen LogP contribution in [0.25, 0.3) is 0 Å². The second kappa shape index (κ2) is 10.4. The summed E-state index contributed by atoms with van der Waals surface area (Å²) in [6, 6.07) is 3.83. The largest absolute Gasteiger partial charge is 0.358 e. The van der Waals surface area contributed by atoms with Crippen molar-refractivity contribution >= 4 is 51.2 Å². The Morgan fingerprint density at radius 1 is 1.25 bits per heavy atom. The molecule has 2 fully saturated rings. The molecule has 5 N–H and O–H groups in total. The van der Waals surface area contributed by atoms with Crippen LogP contribution in [0, 0.1) is 30.1 Å². The molecule has 0 bridgehead atoms. The molecule has 3 aliphatic rings. The molecule has 188 valence electrons. The number of thiocarbonyl (C=S) groups is 1. The zero-order valence-corrected chi connectivity index (χ0v) is 21.7. The van der Waals surface area contributed by atoms with Crippen LogP contribution in [0.5, 0.6) is 0 Å². The van der Waals surface area contributed by atoms with Crippen molar-refractivity contribution in [1.82, 2.24) is 21.0 Å². The second-order valence-corrected chi connectivity index (χ2v) is 11.3. The number of nitrogens with zero attached hydrogens (tertiary/aromatic N) is 2. The van der Waals surface area contributed by atoms with Crippen molar-refractivity contribution in [3.63, 3.8) is 0 Å². The summed E-state index contributed by atoms with van der Waals surface area (Å²) in [5, 5.41) is 19.7. The van der Waals surface area contributed by atoms with E-state index in [0.717, 1.165) is 54.7 Å². The van der Waals surface area contributed by atoms with Crippen molar-refractivity contribution in [2.45, 2.75) is 57.9 Å². The topological polar surface area (TPSA) is 131 Å². The first-order valence-corrected chi connectivity index (χ1v) is 13.6. The molecule has 2 aromatic heterocycles. The lowest BCUT2D eigenvalue weighted by molar-refractivity contribution is -0.117. The molecule has 0 spiro atoms. The minimum Gasteiger partial charge on any atom is -0.358 e. The van der Waals surface area contributed by atoms with Gasteiger partial charge in [-0.2, -0.15) is 5.26 Å². The van der Waals surface area contributed by atoms with E-state index in [-0.39, 0.29) is 23.8 Å². The third kappa shape index (κ3) is 5.77. The summed E-state index contributed by atoms with van der Waals surface area (Å²) in [4.78, 5) is 31.1. The number of aromatic nitrogens is 1. The predicted octanol–water partition coefficient (Wildman–Crippen LogP) is 3.16. The molecule has 9 nitrogen and oxygen atoms in total. The van der Waals surface area contributed by atoms with Gasteiger partial charge >= 0.3 is 0 Å². The SMILES string of the molecule is Cc1ncc(C#N)cc1NNC(=S)N[C@H]1CCc2sc(NC(=O)C3CC3)c(C(=O)NCC3CC3)c2C1. The van der Waals surface area contributed by atoms with Crippen molar-refractivity contribution in [3.8, 4) is 6.07 Å². The van der Waals surface area contributed by atoms with Crippen LogP contribution in [-0.4, -0.2) is 34.5 Å². The number of amides is 2. The third-order valence-electron chi connectivity index (χ3n) is 6.78. The van der Waals surface area contributed by atoms with Crippen LogP contribution in [-0.2, 0) is 17.6 Å². The Hall–Kier alpha value is -3.23. The fraction of sp³-hybridized carbons (Fsp3) is 0.480. The number of rotatable bonds is 8. The van der Waals surface area contributed by atoms with Crippen molar-refractivity contribution < 1.29 is 9.59 Å². The average molecular weight is 524 g/mol. The molecule has 5 rings (SSSR count). The number of anilines is 2. The Morgan fingerprint density at radius 3 is 2.78 bits per heavy atom. The van der Waals surface area contributed by atoms with Crippen LogP contribution < -0.4 is 26.8 Å². The van der Waals surface area contributed by atoms with E-state index in [1.165, 1.54) is 17.5 Å². The number of hydrogen-bond acceptors (Lipinski definition) is 7. The zero-order chi connectivity index (χ0) is 25.2. The van der Waals surface area contributed by atoms with E-state index in [2.05, 4.69) is 37.9 Å². The number of pyridine rings is 1. The molecule has 3 aliphatic carbocycles. The van der Waals surface area contributed by atoms with E-state index >= 15 is 0 Å².